The van der Waals surface area contributed by atoms with Crippen LogP contribution in [0.4, 0.5) is 0 Å². The predicted molar refractivity (Wildman–Crippen MR) is 92.9 cm³/mol. The van der Waals surface area contributed by atoms with Crippen molar-refractivity contribution in [2.45, 2.75) is 70.4 Å². The monoisotopic (exact) mass is 346 g/mol. The first-order valence-corrected chi connectivity index (χ1v) is 9.92. The van der Waals surface area contributed by atoms with Crippen molar-refractivity contribution in [3.63, 3.8) is 0 Å². The minimum absolute atomic E-state index is 0.0810. The molecule has 0 spiro atoms. The second-order valence-electron chi connectivity index (χ2n) is 9.45. The first-order chi connectivity index (χ1) is 11.9. The van der Waals surface area contributed by atoms with Gasteiger partial charge >= 0.3 is 0 Å². The van der Waals surface area contributed by atoms with Crippen molar-refractivity contribution in [1.29, 1.82) is 0 Å². The van der Waals surface area contributed by atoms with Crippen LogP contribution < -0.4 is 0 Å². The summed E-state index contributed by atoms with van der Waals surface area (Å²) in [7, 11) is 3.52. The lowest BCUT2D eigenvalue weighted by Gasteiger charge is -2.57. The molecule has 0 aromatic carbocycles. The van der Waals surface area contributed by atoms with Gasteiger partial charge in [0.25, 0.3) is 0 Å². The van der Waals surface area contributed by atoms with Gasteiger partial charge in [0.15, 0.2) is 11.6 Å². The molecule has 7 atom stereocenters. The molecule has 4 nitrogen and oxygen atoms in total. The van der Waals surface area contributed by atoms with E-state index in [0.717, 1.165) is 38.5 Å². The fourth-order valence-corrected chi connectivity index (χ4v) is 7.41. The summed E-state index contributed by atoms with van der Waals surface area (Å²) in [6.07, 6.45) is 8.99. The zero-order chi connectivity index (χ0) is 17.6. The second kappa shape index (κ2) is 4.96. The molecule has 138 valence electrons. The van der Waals surface area contributed by atoms with E-state index in [1.165, 1.54) is 5.57 Å². The second-order valence-corrected chi connectivity index (χ2v) is 9.45. The van der Waals surface area contributed by atoms with Gasteiger partial charge in [-0.1, -0.05) is 13.8 Å². The predicted octanol–water partition coefficient (Wildman–Crippen LogP) is 3.49. The van der Waals surface area contributed by atoms with E-state index < -0.39 is 5.79 Å². The van der Waals surface area contributed by atoms with Crippen LogP contribution in [0.3, 0.4) is 0 Å². The van der Waals surface area contributed by atoms with E-state index in [1.54, 1.807) is 14.2 Å². The van der Waals surface area contributed by atoms with Crippen molar-refractivity contribution in [2.75, 3.05) is 14.2 Å². The van der Waals surface area contributed by atoms with Crippen molar-refractivity contribution >= 4 is 5.78 Å². The largest absolute Gasteiger partial charge is 0.365 e. The summed E-state index contributed by atoms with van der Waals surface area (Å²) in [5, 5.41) is 0. The number of ketones is 1. The summed E-state index contributed by atoms with van der Waals surface area (Å²) in [6.45, 7) is 4.70. The molecule has 0 aromatic heterocycles. The summed E-state index contributed by atoms with van der Waals surface area (Å²) in [5.74, 6) is 0.729. The van der Waals surface area contributed by atoms with Crippen LogP contribution >= 0.6 is 0 Å². The molecule has 0 radical (unpaired) electrons. The highest BCUT2D eigenvalue weighted by Crippen LogP contribution is 2.68. The Balaban J connectivity index is 1.57. The summed E-state index contributed by atoms with van der Waals surface area (Å²) >= 11 is 0. The summed E-state index contributed by atoms with van der Waals surface area (Å²) < 4.78 is 17.7. The zero-order valence-corrected chi connectivity index (χ0v) is 15.8. The number of allylic oxidation sites excluding steroid dienone is 1. The molecule has 1 saturated heterocycles. The maximum absolute atomic E-state index is 13.2. The number of hydrogen-bond donors (Lipinski definition) is 0. The van der Waals surface area contributed by atoms with E-state index in [9.17, 15) is 4.79 Å². The van der Waals surface area contributed by atoms with Crippen LogP contribution in [0.2, 0.25) is 0 Å². The first-order valence-electron chi connectivity index (χ1n) is 9.92. The molecule has 4 aliphatic carbocycles. The molecule has 3 saturated carbocycles. The summed E-state index contributed by atoms with van der Waals surface area (Å²) in [5.41, 5.74) is 1.37. The quantitative estimate of drug-likeness (QED) is 0.567. The average Bonchev–Trinajstić information content (AvgIpc) is 3.32. The van der Waals surface area contributed by atoms with Gasteiger partial charge in [-0.15, -0.1) is 0 Å². The van der Waals surface area contributed by atoms with Crippen LogP contribution in [0.25, 0.3) is 0 Å². The zero-order valence-electron chi connectivity index (χ0n) is 15.8. The standard InChI is InChI=1S/C21H30O4/c1-19-8-7-16-18(25-16)14(19)11-15(22)17-12(19)5-9-20(2)13(17)6-10-21(20,23-3)24-4/h11-13,16-18H,5-10H2,1-4H3/t12-,13-,16+,17+,18-,19+,20-/m0/s1. The maximum atomic E-state index is 13.2. The molecule has 1 aliphatic heterocycles. The van der Waals surface area contributed by atoms with Crippen molar-refractivity contribution in [1.82, 2.24) is 0 Å². The molecule has 5 rings (SSSR count). The number of hydrogen-bond acceptors (Lipinski definition) is 4. The fraction of sp³-hybridized carbons (Fsp3) is 0.857. The Kier molecular flexibility index (Phi) is 3.27. The molecule has 0 unspecified atom stereocenters. The number of rotatable bonds is 2. The van der Waals surface area contributed by atoms with Crippen LogP contribution in [0.15, 0.2) is 11.6 Å². The van der Waals surface area contributed by atoms with Gasteiger partial charge < -0.3 is 14.2 Å². The Morgan fingerprint density at radius 3 is 2.48 bits per heavy atom. The van der Waals surface area contributed by atoms with Gasteiger partial charge in [-0.2, -0.15) is 0 Å². The Morgan fingerprint density at radius 1 is 1.04 bits per heavy atom. The lowest BCUT2D eigenvalue weighted by Crippen LogP contribution is -2.57. The third kappa shape index (κ3) is 1.81. The number of carbonyl (C=O) groups excluding carboxylic acids is 1. The molecular formula is C21H30O4. The van der Waals surface area contributed by atoms with E-state index in [-0.39, 0.29) is 22.9 Å². The third-order valence-electron chi connectivity index (χ3n) is 8.92. The SMILES string of the molecule is COC1(OC)CC[C@H]2[C@@H]3C(=O)C=C4[C@@H]5O[C@@H]5CC[C@]4(C)[C@H]3CC[C@@]21C. The van der Waals surface area contributed by atoms with Crippen molar-refractivity contribution in [3.8, 4) is 0 Å². The molecular weight excluding hydrogens is 316 g/mol. The highest BCUT2D eigenvalue weighted by atomic mass is 16.7. The van der Waals surface area contributed by atoms with Gasteiger partial charge in [0, 0.05) is 32.0 Å². The molecule has 0 aromatic rings. The Hall–Kier alpha value is -0.710. The molecule has 4 fully saturated rings. The van der Waals surface area contributed by atoms with E-state index in [4.69, 9.17) is 14.2 Å². The van der Waals surface area contributed by atoms with Crippen LogP contribution in [-0.2, 0) is 19.0 Å². The van der Waals surface area contributed by atoms with Gasteiger partial charge in [0.2, 0.25) is 0 Å². The van der Waals surface area contributed by atoms with E-state index in [0.29, 0.717) is 23.7 Å². The highest BCUT2D eigenvalue weighted by Gasteiger charge is 2.68. The summed E-state index contributed by atoms with van der Waals surface area (Å²) in [4.78, 5) is 13.2. The van der Waals surface area contributed by atoms with Gasteiger partial charge in [0.05, 0.1) is 6.10 Å². The van der Waals surface area contributed by atoms with Crippen molar-refractivity contribution in [3.05, 3.63) is 11.6 Å². The molecule has 25 heavy (non-hydrogen) atoms. The van der Waals surface area contributed by atoms with Crippen molar-refractivity contribution < 1.29 is 19.0 Å². The highest BCUT2D eigenvalue weighted by molar-refractivity contribution is 5.95. The Labute approximate surface area is 150 Å². The first kappa shape index (κ1) is 16.5. The lowest BCUT2D eigenvalue weighted by atomic mass is 9.47. The normalized spacial score (nSPS) is 52.6. The molecule has 0 amide bonds. The number of methoxy groups -OCH3 is 2. The topological polar surface area (TPSA) is 48.1 Å². The van der Waals surface area contributed by atoms with E-state index >= 15 is 0 Å². The Morgan fingerprint density at radius 2 is 1.76 bits per heavy atom. The van der Waals surface area contributed by atoms with Crippen molar-refractivity contribution in [2.24, 2.45) is 28.6 Å². The van der Waals surface area contributed by atoms with Crippen LogP contribution in [0.5, 0.6) is 0 Å². The van der Waals surface area contributed by atoms with E-state index in [1.807, 2.05) is 6.08 Å². The van der Waals surface area contributed by atoms with Crippen LogP contribution in [0, 0.1) is 28.6 Å². The Bertz CT molecular complexity index is 650. The van der Waals surface area contributed by atoms with Gasteiger partial charge in [-0.05, 0) is 61.0 Å². The molecule has 4 heteroatoms. The minimum Gasteiger partial charge on any atom is -0.365 e. The molecule has 0 N–H and O–H groups in total. The third-order valence-corrected chi connectivity index (χ3v) is 8.92. The van der Waals surface area contributed by atoms with Gasteiger partial charge in [-0.3, -0.25) is 4.79 Å². The smallest absolute Gasteiger partial charge is 0.173 e. The number of epoxide rings is 1. The van der Waals surface area contributed by atoms with Gasteiger partial charge in [0.1, 0.15) is 6.10 Å². The molecule has 0 bridgehead atoms. The average molecular weight is 346 g/mol. The van der Waals surface area contributed by atoms with Gasteiger partial charge in [-0.25, -0.2) is 0 Å². The summed E-state index contributed by atoms with van der Waals surface area (Å²) in [6, 6.07) is 0. The number of carbonyl (C=O) groups is 1. The minimum atomic E-state index is -0.537. The van der Waals surface area contributed by atoms with Crippen LogP contribution in [0.1, 0.15) is 52.4 Å². The molecule has 1 heterocycles. The maximum Gasteiger partial charge on any atom is 0.173 e. The molecule has 5 aliphatic rings. The number of ether oxygens (including phenoxy) is 3. The number of fused-ring (bicyclic) bond motifs is 7. The van der Waals surface area contributed by atoms with E-state index in [2.05, 4.69) is 13.8 Å². The lowest BCUT2D eigenvalue weighted by molar-refractivity contribution is -0.276. The fourth-order valence-electron chi connectivity index (χ4n) is 7.41. The van der Waals surface area contributed by atoms with Crippen LogP contribution in [-0.4, -0.2) is 38.0 Å².